The molecular weight excluding hydrogens is 707 g/mol. The van der Waals surface area contributed by atoms with E-state index in [2.05, 4.69) is 168 Å². The summed E-state index contributed by atoms with van der Waals surface area (Å²) in [7, 11) is 0. The van der Waals surface area contributed by atoms with E-state index in [4.69, 9.17) is 9.97 Å². The van der Waals surface area contributed by atoms with Crippen molar-refractivity contribution in [3.05, 3.63) is 198 Å². The van der Waals surface area contributed by atoms with Crippen LogP contribution in [0.5, 0.6) is 0 Å². The first-order chi connectivity index (χ1) is 27.2. The molecule has 3 aliphatic carbocycles. The van der Waals surface area contributed by atoms with Gasteiger partial charge in [0.25, 0.3) is 0 Å². The Morgan fingerprint density at radius 1 is 0.600 bits per heavy atom. The fourth-order valence-electron chi connectivity index (χ4n) is 8.35. The summed E-state index contributed by atoms with van der Waals surface area (Å²) in [5.74, 6) is 1.44. The Bertz CT molecular complexity index is 2750. The first-order valence-electron chi connectivity index (χ1n) is 18.9. The van der Waals surface area contributed by atoms with Gasteiger partial charge in [-0.05, 0) is 72.5 Å². The molecule has 11 rings (SSSR count). The minimum absolute atomic E-state index is 0.282. The lowest BCUT2D eigenvalue weighted by Gasteiger charge is -2.24. The third-order valence-corrected chi connectivity index (χ3v) is 13.7. The van der Waals surface area contributed by atoms with E-state index in [9.17, 15) is 0 Å². The second kappa shape index (κ2) is 13.5. The average Bonchev–Trinajstić information content (AvgIpc) is 3.56. The Morgan fingerprint density at radius 2 is 1.27 bits per heavy atom. The maximum atomic E-state index is 5.07. The summed E-state index contributed by atoms with van der Waals surface area (Å²) in [6.07, 6.45) is 20.2. The Labute approximate surface area is 329 Å². The maximum absolute atomic E-state index is 5.07. The van der Waals surface area contributed by atoms with Crippen LogP contribution in [0.15, 0.2) is 195 Å². The van der Waals surface area contributed by atoms with Crippen LogP contribution in [0.3, 0.4) is 0 Å². The van der Waals surface area contributed by atoms with Gasteiger partial charge in [-0.2, -0.15) is 0 Å². The predicted molar refractivity (Wildman–Crippen MR) is 229 cm³/mol. The van der Waals surface area contributed by atoms with Crippen LogP contribution in [-0.2, 0) is 6.42 Å². The van der Waals surface area contributed by atoms with Crippen molar-refractivity contribution in [1.29, 1.82) is 0 Å². The topological polar surface area (TPSA) is 30.7 Å². The monoisotopic (exact) mass is 741 g/mol. The maximum Gasteiger partial charge on any atom is 0.160 e. The molecule has 7 aromatic rings. The summed E-state index contributed by atoms with van der Waals surface area (Å²) in [4.78, 5) is 15.5. The predicted octanol–water partition coefficient (Wildman–Crippen LogP) is 13.2. The van der Waals surface area contributed by atoms with Gasteiger partial charge in [0.05, 0.1) is 16.9 Å². The van der Waals surface area contributed by atoms with Crippen LogP contribution in [0, 0.1) is 5.92 Å². The van der Waals surface area contributed by atoms with Gasteiger partial charge < -0.3 is 4.57 Å². The molecule has 5 aromatic carbocycles. The number of hydrogen-bond acceptors (Lipinski definition) is 4. The highest BCUT2D eigenvalue weighted by molar-refractivity contribution is 8.05. The van der Waals surface area contributed by atoms with Crippen molar-refractivity contribution in [1.82, 2.24) is 14.5 Å². The van der Waals surface area contributed by atoms with Crippen molar-refractivity contribution in [3.63, 3.8) is 0 Å². The van der Waals surface area contributed by atoms with Gasteiger partial charge in [-0.3, -0.25) is 0 Å². The lowest BCUT2D eigenvalue weighted by molar-refractivity contribution is 0.726. The molecule has 0 amide bonds. The summed E-state index contributed by atoms with van der Waals surface area (Å²) >= 11 is 3.79. The molecule has 55 heavy (non-hydrogen) atoms. The van der Waals surface area contributed by atoms with E-state index in [0.29, 0.717) is 5.92 Å². The quantitative estimate of drug-likeness (QED) is 0.176. The number of fused-ring (bicyclic) bond motifs is 6. The van der Waals surface area contributed by atoms with Crippen LogP contribution in [0.25, 0.3) is 50.8 Å². The van der Waals surface area contributed by atoms with Crippen LogP contribution in [-0.4, -0.2) is 14.5 Å². The van der Waals surface area contributed by atoms with E-state index in [1.807, 2.05) is 35.7 Å². The number of rotatable bonds is 5. The largest absolute Gasteiger partial charge is 0.313 e. The lowest BCUT2D eigenvalue weighted by atomic mass is 9.83. The first kappa shape index (κ1) is 32.5. The van der Waals surface area contributed by atoms with Gasteiger partial charge in [-0.25, -0.2) is 9.97 Å². The zero-order chi connectivity index (χ0) is 36.3. The van der Waals surface area contributed by atoms with Gasteiger partial charge in [0.15, 0.2) is 5.82 Å². The van der Waals surface area contributed by atoms with Gasteiger partial charge in [0, 0.05) is 70.4 Å². The Kier molecular flexibility index (Phi) is 7.96. The molecule has 5 heteroatoms. The van der Waals surface area contributed by atoms with E-state index in [0.717, 1.165) is 46.8 Å². The molecule has 0 saturated carbocycles. The molecule has 4 aliphatic rings. The van der Waals surface area contributed by atoms with Crippen LogP contribution < -0.4 is 0 Å². The molecule has 0 radical (unpaired) electrons. The van der Waals surface area contributed by atoms with Crippen LogP contribution in [0.4, 0.5) is 0 Å². The normalized spacial score (nSPS) is 17.9. The smallest absolute Gasteiger partial charge is 0.160 e. The second-order valence-electron chi connectivity index (χ2n) is 14.5. The van der Waals surface area contributed by atoms with Gasteiger partial charge in [-0.1, -0.05) is 151 Å². The van der Waals surface area contributed by atoms with Crippen LogP contribution in [0.1, 0.15) is 35.0 Å². The number of benzene rings is 5. The van der Waals surface area contributed by atoms with Crippen molar-refractivity contribution in [3.8, 4) is 28.2 Å². The summed E-state index contributed by atoms with van der Waals surface area (Å²) < 4.78 is 2.54. The second-order valence-corrected chi connectivity index (χ2v) is 16.7. The number of nitrogens with zero attached hydrogens (tertiary/aromatic N) is 3. The highest BCUT2D eigenvalue weighted by Gasteiger charge is 2.28. The molecule has 0 bridgehead atoms. The molecule has 0 N–H and O–H groups in total. The molecule has 0 spiro atoms. The number of hydrogen-bond donors (Lipinski definition) is 0. The van der Waals surface area contributed by atoms with Gasteiger partial charge >= 0.3 is 0 Å². The zero-order valence-electron chi connectivity index (χ0n) is 30.0. The van der Waals surface area contributed by atoms with Crippen molar-refractivity contribution < 1.29 is 0 Å². The lowest BCUT2D eigenvalue weighted by Crippen LogP contribution is -2.14. The fraction of sp³-hybridized carbons (Fsp3) is 0.0800. The standard InChI is InChI=1S/C50H35N3S2/c1-3-11-34(12-4-1)42-30-43(35-13-5-2-6-14-35)52-50(51-42)36-21-19-32(20-22-36)33-23-25-39(26-24-33)53-44-28-38-16-8-7-15-37(38)27-40(44)41-29-48-49(31-45(41)53)55-47-18-10-9-17-46(47)54-48/h1-19,21-27,29-32,38H,20,28H2. The average molecular weight is 742 g/mol. The van der Waals surface area contributed by atoms with E-state index in [1.54, 1.807) is 0 Å². The third kappa shape index (κ3) is 5.86. The van der Waals surface area contributed by atoms with Crippen LogP contribution >= 0.6 is 23.5 Å². The molecule has 2 aromatic heterocycles. The highest BCUT2D eigenvalue weighted by Crippen LogP contribution is 2.51. The van der Waals surface area contributed by atoms with Crippen molar-refractivity contribution in [2.75, 3.05) is 0 Å². The molecular formula is C50H35N3S2. The molecule has 0 saturated heterocycles. The van der Waals surface area contributed by atoms with Gasteiger partial charge in [0.2, 0.25) is 0 Å². The van der Waals surface area contributed by atoms with Crippen molar-refractivity contribution >= 4 is 46.1 Å². The Hall–Kier alpha value is -5.88. The van der Waals surface area contributed by atoms with Crippen molar-refractivity contribution in [2.45, 2.75) is 38.3 Å². The Morgan fingerprint density at radius 3 is 1.95 bits per heavy atom. The molecule has 1 aliphatic heterocycles. The minimum Gasteiger partial charge on any atom is -0.313 e. The molecule has 0 fully saturated rings. The fourth-order valence-corrected chi connectivity index (χ4v) is 10.6. The summed E-state index contributed by atoms with van der Waals surface area (Å²) in [6.45, 7) is 0. The van der Waals surface area contributed by atoms with E-state index < -0.39 is 0 Å². The molecule has 3 nitrogen and oxygen atoms in total. The van der Waals surface area contributed by atoms with Crippen molar-refractivity contribution in [2.24, 2.45) is 5.92 Å². The summed E-state index contributed by atoms with van der Waals surface area (Å²) in [6, 6.07) is 45.8. The zero-order valence-corrected chi connectivity index (χ0v) is 31.6. The summed E-state index contributed by atoms with van der Waals surface area (Å²) in [5.41, 5.74) is 13.1. The van der Waals surface area contributed by atoms with Crippen LogP contribution in [0.2, 0.25) is 0 Å². The van der Waals surface area contributed by atoms with Gasteiger partial charge in [-0.15, -0.1) is 0 Å². The number of allylic oxidation sites excluding steroid dienone is 9. The molecule has 3 heterocycles. The Balaban J connectivity index is 0.926. The van der Waals surface area contributed by atoms with Gasteiger partial charge in [0.1, 0.15) is 0 Å². The highest BCUT2D eigenvalue weighted by atomic mass is 32.2. The molecule has 2 unspecified atom stereocenters. The molecule has 2 atom stereocenters. The van der Waals surface area contributed by atoms with E-state index >= 15 is 0 Å². The minimum atomic E-state index is 0.282. The number of aromatic nitrogens is 3. The third-order valence-electron chi connectivity index (χ3n) is 11.2. The first-order valence-corrected chi connectivity index (χ1v) is 20.6. The molecule has 262 valence electrons. The van der Waals surface area contributed by atoms with E-state index in [-0.39, 0.29) is 5.92 Å². The summed E-state index contributed by atoms with van der Waals surface area (Å²) in [5, 5.41) is 1.33. The SMILES string of the molecule is C1=CC2=Cc3c(n(-c4ccc(C5C=CC(c6nc(-c7ccccc7)cc(-c7ccccc7)n6)=CC5)cc4)c4cc5c(cc34)Sc3ccccc3S5)CC2C=C1. The van der Waals surface area contributed by atoms with E-state index in [1.165, 1.54) is 58.6 Å².